The molecule has 0 radical (unpaired) electrons. The molecule has 0 N–H and O–H groups in total. The number of allylic oxidation sites excluding steroid dienone is 2. The summed E-state index contributed by atoms with van der Waals surface area (Å²) in [6.45, 7) is -0.160. The van der Waals surface area contributed by atoms with Gasteiger partial charge in [0.25, 0.3) is 0 Å². The molecule has 0 aliphatic carbocycles. The average Bonchev–Trinajstić information content (AvgIpc) is 2.62. The Labute approximate surface area is 148 Å². The van der Waals surface area contributed by atoms with Crippen LogP contribution in [0.4, 0.5) is 0 Å². The van der Waals surface area contributed by atoms with Crippen molar-refractivity contribution in [2.24, 2.45) is 0 Å². The topological polar surface area (TPSA) is 77.5 Å². The summed E-state index contributed by atoms with van der Waals surface area (Å²) < 4.78 is 54.6. The highest BCUT2D eigenvalue weighted by atomic mass is 32.2. The second kappa shape index (κ2) is 8.24. The third-order valence-electron chi connectivity index (χ3n) is 3.30. The van der Waals surface area contributed by atoms with E-state index in [4.69, 9.17) is 4.74 Å². The highest BCUT2D eigenvalue weighted by molar-refractivity contribution is 7.95. The fourth-order valence-corrected chi connectivity index (χ4v) is 4.38. The van der Waals surface area contributed by atoms with Crippen LogP contribution in [0.15, 0.2) is 92.9 Å². The molecule has 0 bridgehead atoms. The number of methoxy groups -OCH3 is 1. The molecular weight excluding hydrogens is 360 g/mol. The van der Waals surface area contributed by atoms with Crippen LogP contribution in [0.2, 0.25) is 0 Å². The lowest BCUT2D eigenvalue weighted by molar-refractivity contribution is 0.230. The molecule has 0 aliphatic rings. The highest BCUT2D eigenvalue weighted by Crippen LogP contribution is 2.19. The van der Waals surface area contributed by atoms with E-state index in [1.54, 1.807) is 36.4 Å². The standard InChI is InChI=1S/C18H18O5S2/c1-23-15-18(25(21,22)17-11-6-3-7-12-17)13-8-14-24(19,20)16-9-4-2-5-10-16/h2-14H,15H2,1H3/b14-8+,18-13+. The van der Waals surface area contributed by atoms with Crippen LogP contribution >= 0.6 is 0 Å². The van der Waals surface area contributed by atoms with E-state index >= 15 is 0 Å². The van der Waals surface area contributed by atoms with Crippen molar-refractivity contribution >= 4 is 19.7 Å². The molecule has 0 saturated heterocycles. The van der Waals surface area contributed by atoms with Crippen LogP contribution in [-0.4, -0.2) is 30.6 Å². The van der Waals surface area contributed by atoms with Crippen molar-refractivity contribution in [3.05, 3.63) is 83.1 Å². The predicted molar refractivity (Wildman–Crippen MR) is 96.4 cm³/mol. The molecule has 0 aliphatic heterocycles. The molecule has 2 rings (SSSR count). The lowest BCUT2D eigenvalue weighted by Crippen LogP contribution is -2.09. The van der Waals surface area contributed by atoms with Gasteiger partial charge in [-0.3, -0.25) is 0 Å². The Morgan fingerprint density at radius 1 is 0.880 bits per heavy atom. The molecule has 0 spiro atoms. The molecule has 2 aromatic carbocycles. The van der Waals surface area contributed by atoms with Gasteiger partial charge in [-0.2, -0.15) is 0 Å². The Balaban J connectivity index is 2.35. The zero-order valence-electron chi connectivity index (χ0n) is 13.6. The molecule has 0 unspecified atom stereocenters. The summed E-state index contributed by atoms with van der Waals surface area (Å²) >= 11 is 0. The third-order valence-corrected chi connectivity index (χ3v) is 6.58. The van der Waals surface area contributed by atoms with Gasteiger partial charge in [0.1, 0.15) is 0 Å². The van der Waals surface area contributed by atoms with Crippen LogP contribution in [0, 0.1) is 0 Å². The Morgan fingerprint density at radius 2 is 1.40 bits per heavy atom. The van der Waals surface area contributed by atoms with Crippen LogP contribution in [0.3, 0.4) is 0 Å². The molecule has 0 fully saturated rings. The maximum absolute atomic E-state index is 12.6. The van der Waals surface area contributed by atoms with Gasteiger partial charge in [0.15, 0.2) is 9.84 Å². The van der Waals surface area contributed by atoms with Crippen molar-refractivity contribution in [1.82, 2.24) is 0 Å². The van der Waals surface area contributed by atoms with Gasteiger partial charge in [-0.25, -0.2) is 16.8 Å². The molecule has 0 aromatic heterocycles. The van der Waals surface area contributed by atoms with Gasteiger partial charge in [0, 0.05) is 12.5 Å². The first-order valence-corrected chi connectivity index (χ1v) is 10.4. The first kappa shape index (κ1) is 19.1. The second-order valence-electron chi connectivity index (χ2n) is 5.07. The summed E-state index contributed by atoms with van der Waals surface area (Å²) in [6.07, 6.45) is 2.45. The fraction of sp³-hybridized carbons (Fsp3) is 0.111. The Hall–Kier alpha value is -2.22. The Bertz CT molecular complexity index is 959. The van der Waals surface area contributed by atoms with Crippen LogP contribution in [0.1, 0.15) is 0 Å². The van der Waals surface area contributed by atoms with Crippen molar-refractivity contribution in [3.8, 4) is 0 Å². The van der Waals surface area contributed by atoms with Gasteiger partial charge in [0.2, 0.25) is 9.84 Å². The molecule has 0 amide bonds. The number of rotatable bonds is 7. The van der Waals surface area contributed by atoms with Gasteiger partial charge in [-0.05, 0) is 36.4 Å². The minimum Gasteiger partial charge on any atom is -0.379 e. The summed E-state index contributed by atoms with van der Waals surface area (Å²) in [7, 11) is -6.02. The van der Waals surface area contributed by atoms with E-state index in [2.05, 4.69) is 0 Å². The van der Waals surface area contributed by atoms with Crippen LogP contribution in [-0.2, 0) is 24.4 Å². The van der Waals surface area contributed by atoms with Crippen molar-refractivity contribution in [1.29, 1.82) is 0 Å². The van der Waals surface area contributed by atoms with Crippen molar-refractivity contribution in [2.75, 3.05) is 13.7 Å². The minimum absolute atomic E-state index is 0.0271. The molecular formula is C18H18O5S2. The largest absolute Gasteiger partial charge is 0.379 e. The zero-order valence-corrected chi connectivity index (χ0v) is 15.2. The summed E-state index contributed by atoms with van der Waals surface area (Å²) in [5.41, 5.74) is 0. The number of benzene rings is 2. The molecule has 0 saturated carbocycles. The Morgan fingerprint density at radius 3 is 1.92 bits per heavy atom. The zero-order chi connectivity index (χ0) is 18.3. The van der Waals surface area contributed by atoms with Gasteiger partial charge >= 0.3 is 0 Å². The third kappa shape index (κ3) is 4.88. The molecule has 0 heterocycles. The van der Waals surface area contributed by atoms with E-state index < -0.39 is 19.7 Å². The second-order valence-corrected chi connectivity index (χ2v) is 8.91. The molecule has 25 heavy (non-hydrogen) atoms. The fourth-order valence-electron chi connectivity index (χ4n) is 2.05. The van der Waals surface area contributed by atoms with E-state index in [1.807, 2.05) is 0 Å². The predicted octanol–water partition coefficient (Wildman–Crippen LogP) is 2.98. The van der Waals surface area contributed by atoms with Crippen LogP contribution in [0.25, 0.3) is 0 Å². The van der Waals surface area contributed by atoms with Gasteiger partial charge in [0.05, 0.1) is 21.3 Å². The lowest BCUT2D eigenvalue weighted by Gasteiger charge is -2.07. The summed E-state index contributed by atoms with van der Waals surface area (Å²) in [5.74, 6) is 0. The quantitative estimate of drug-likeness (QED) is 0.692. The van der Waals surface area contributed by atoms with Crippen molar-refractivity contribution < 1.29 is 21.6 Å². The normalized spacial score (nSPS) is 13.2. The first-order valence-electron chi connectivity index (χ1n) is 7.34. The van der Waals surface area contributed by atoms with E-state index in [1.165, 1.54) is 43.5 Å². The summed E-state index contributed by atoms with van der Waals surface area (Å²) in [5, 5.41) is 0.971. The summed E-state index contributed by atoms with van der Waals surface area (Å²) in [4.78, 5) is 0.234. The number of hydrogen-bond donors (Lipinski definition) is 0. The number of ether oxygens (including phenoxy) is 1. The van der Waals surface area contributed by atoms with E-state index in [-0.39, 0.29) is 21.3 Å². The monoisotopic (exact) mass is 378 g/mol. The van der Waals surface area contributed by atoms with Crippen LogP contribution < -0.4 is 0 Å². The Kier molecular flexibility index (Phi) is 6.30. The molecule has 2 aromatic rings. The maximum atomic E-state index is 12.6. The van der Waals surface area contributed by atoms with E-state index in [9.17, 15) is 16.8 Å². The highest BCUT2D eigenvalue weighted by Gasteiger charge is 2.19. The summed E-state index contributed by atoms with van der Waals surface area (Å²) in [6, 6.07) is 15.8. The van der Waals surface area contributed by atoms with Gasteiger partial charge in [-0.15, -0.1) is 0 Å². The van der Waals surface area contributed by atoms with Gasteiger partial charge < -0.3 is 4.74 Å². The molecule has 0 atom stereocenters. The number of sulfone groups is 2. The number of hydrogen-bond acceptors (Lipinski definition) is 5. The van der Waals surface area contributed by atoms with E-state index in [0.29, 0.717) is 0 Å². The maximum Gasteiger partial charge on any atom is 0.205 e. The van der Waals surface area contributed by atoms with Crippen molar-refractivity contribution in [2.45, 2.75) is 9.79 Å². The SMILES string of the molecule is COC/C(=C\C=C\S(=O)(=O)c1ccccc1)S(=O)(=O)c1ccccc1. The average molecular weight is 378 g/mol. The van der Waals surface area contributed by atoms with Crippen molar-refractivity contribution in [3.63, 3.8) is 0 Å². The molecule has 5 nitrogen and oxygen atoms in total. The smallest absolute Gasteiger partial charge is 0.205 e. The lowest BCUT2D eigenvalue weighted by atomic mass is 10.4. The van der Waals surface area contributed by atoms with Crippen LogP contribution in [0.5, 0.6) is 0 Å². The molecule has 7 heteroatoms. The first-order chi connectivity index (χ1) is 11.9. The molecule has 132 valence electrons. The van der Waals surface area contributed by atoms with Gasteiger partial charge in [-0.1, -0.05) is 36.4 Å². The minimum atomic E-state index is -3.76. The van der Waals surface area contributed by atoms with E-state index in [0.717, 1.165) is 5.41 Å².